The fraction of sp³-hybridized carbons (Fsp3) is 0.273. The number of amides is 1. The molecule has 166 valence electrons. The number of ether oxygens (including phenoxy) is 1. The lowest BCUT2D eigenvalue weighted by molar-refractivity contribution is -0.118. The second-order valence-corrected chi connectivity index (χ2v) is 8.01. The van der Waals surface area contributed by atoms with Crippen LogP contribution in [0.4, 0.5) is 5.69 Å². The van der Waals surface area contributed by atoms with E-state index in [4.69, 9.17) is 22.1 Å². The van der Waals surface area contributed by atoms with Gasteiger partial charge in [0.05, 0.1) is 18.3 Å². The maximum atomic E-state index is 13.0. The van der Waals surface area contributed by atoms with Crippen LogP contribution < -0.4 is 27.5 Å². The van der Waals surface area contributed by atoms with Crippen LogP contribution in [0.3, 0.4) is 0 Å². The molecule has 1 amide bonds. The predicted octanol–water partition coefficient (Wildman–Crippen LogP) is 1.69. The molecule has 0 spiro atoms. The molecule has 0 unspecified atom stereocenters. The molecule has 0 saturated heterocycles. The number of H-pyrrole nitrogens is 1. The van der Waals surface area contributed by atoms with E-state index >= 15 is 0 Å². The molecular weight excluding hydrogens is 434 g/mol. The number of carbonyl (C=O) groups excluding carboxylic acids is 1. The number of hydrogen-bond donors (Lipinski definition) is 2. The van der Waals surface area contributed by atoms with Crippen molar-refractivity contribution in [1.29, 1.82) is 0 Å². The molecule has 1 aliphatic rings. The molecule has 3 N–H and O–H groups in total. The van der Waals surface area contributed by atoms with E-state index in [9.17, 15) is 14.4 Å². The third-order valence-corrected chi connectivity index (χ3v) is 5.43. The highest BCUT2D eigenvalue weighted by Gasteiger charge is 2.18. The van der Waals surface area contributed by atoms with Crippen LogP contribution in [-0.4, -0.2) is 26.1 Å². The summed E-state index contributed by atoms with van der Waals surface area (Å²) in [6, 6.07) is 14.0. The summed E-state index contributed by atoms with van der Waals surface area (Å²) in [6.07, 6.45) is 3.55. The zero-order valence-electron chi connectivity index (χ0n) is 17.2. The number of halogens is 1. The second-order valence-electron chi connectivity index (χ2n) is 7.58. The van der Waals surface area contributed by atoms with E-state index in [1.807, 2.05) is 0 Å². The molecule has 10 heteroatoms. The van der Waals surface area contributed by atoms with Crippen LogP contribution in [0.1, 0.15) is 24.8 Å². The normalized spacial score (nSPS) is 14.2. The molecule has 1 heterocycles. The second kappa shape index (κ2) is 9.27. The van der Waals surface area contributed by atoms with E-state index in [1.54, 1.807) is 48.5 Å². The van der Waals surface area contributed by atoms with Gasteiger partial charge in [-0.05, 0) is 61.2 Å². The van der Waals surface area contributed by atoms with Gasteiger partial charge in [-0.1, -0.05) is 23.7 Å². The average Bonchev–Trinajstić information content (AvgIpc) is 2.73. The molecular formula is C22H22ClN5O4. The quantitative estimate of drug-likeness (QED) is 0.562. The Labute approximate surface area is 187 Å². The first kappa shape index (κ1) is 21.6. The molecule has 1 aromatic heterocycles. The van der Waals surface area contributed by atoms with Gasteiger partial charge in [0.1, 0.15) is 12.3 Å². The van der Waals surface area contributed by atoms with Crippen LogP contribution in [0.25, 0.3) is 0 Å². The highest BCUT2D eigenvalue weighted by molar-refractivity contribution is 6.30. The van der Waals surface area contributed by atoms with Crippen LogP contribution in [0.2, 0.25) is 5.02 Å². The molecule has 9 nitrogen and oxygen atoms in total. The summed E-state index contributed by atoms with van der Waals surface area (Å²) in [5.74, 6) is -0.0598. The summed E-state index contributed by atoms with van der Waals surface area (Å²) in [5.41, 5.74) is 5.05. The zero-order valence-corrected chi connectivity index (χ0v) is 17.9. The van der Waals surface area contributed by atoms with Crippen molar-refractivity contribution in [1.82, 2.24) is 14.1 Å². The number of aromatic amines is 1. The smallest absolute Gasteiger partial charge is 0.335 e. The van der Waals surface area contributed by atoms with Gasteiger partial charge in [0.25, 0.3) is 0 Å². The molecule has 4 rings (SSSR count). The average molecular weight is 456 g/mol. The van der Waals surface area contributed by atoms with E-state index in [-0.39, 0.29) is 18.3 Å². The zero-order chi connectivity index (χ0) is 22.7. The SMILES string of the molecule is NC(=O)Cn1c(=O)[nH]/c(=N\c2ccc(OC3CCC3)cc2)n(Cc2ccc(Cl)cc2)c1=O. The number of primary amides is 1. The van der Waals surface area contributed by atoms with E-state index < -0.39 is 23.8 Å². The summed E-state index contributed by atoms with van der Waals surface area (Å²) in [4.78, 5) is 43.8. The van der Waals surface area contributed by atoms with E-state index in [2.05, 4.69) is 9.98 Å². The van der Waals surface area contributed by atoms with Gasteiger partial charge in [-0.15, -0.1) is 0 Å². The lowest BCUT2D eigenvalue weighted by Gasteiger charge is -2.26. The highest BCUT2D eigenvalue weighted by atomic mass is 35.5. The standard InChI is InChI=1S/C22H22ClN5O4/c23-15-6-4-14(5-7-15)12-27-20(26-21(30)28(22(27)31)13-19(24)29)25-16-8-10-18(11-9-16)32-17-2-1-3-17/h4-11,17H,1-3,12-13H2,(H2,24,29)(H,25,26,30). The first-order valence-corrected chi connectivity index (χ1v) is 10.5. The monoisotopic (exact) mass is 455 g/mol. The van der Waals surface area contributed by atoms with E-state index in [0.717, 1.165) is 28.7 Å². The largest absolute Gasteiger partial charge is 0.490 e. The first-order valence-electron chi connectivity index (χ1n) is 10.2. The summed E-state index contributed by atoms with van der Waals surface area (Å²) in [7, 11) is 0. The van der Waals surface area contributed by atoms with E-state index in [1.165, 1.54) is 11.0 Å². The van der Waals surface area contributed by atoms with Crippen molar-refractivity contribution in [2.75, 3.05) is 0 Å². The highest BCUT2D eigenvalue weighted by Crippen LogP contribution is 2.26. The Balaban J connectivity index is 1.75. The van der Waals surface area contributed by atoms with Gasteiger partial charge in [-0.3, -0.25) is 14.3 Å². The van der Waals surface area contributed by atoms with Crippen LogP contribution in [0.5, 0.6) is 5.75 Å². The first-order chi connectivity index (χ1) is 15.4. The van der Waals surface area contributed by atoms with Crippen molar-refractivity contribution in [3.8, 4) is 5.75 Å². The minimum Gasteiger partial charge on any atom is -0.490 e. The Hall–Kier alpha value is -3.59. The van der Waals surface area contributed by atoms with Crippen molar-refractivity contribution >= 4 is 23.2 Å². The maximum Gasteiger partial charge on any atom is 0.335 e. The topological polar surface area (TPSA) is 124 Å². The molecule has 3 aromatic rings. The summed E-state index contributed by atoms with van der Waals surface area (Å²) in [6.45, 7) is -0.435. The number of carbonyl (C=O) groups is 1. The summed E-state index contributed by atoms with van der Waals surface area (Å²) < 4.78 is 7.86. The van der Waals surface area contributed by atoms with Crippen molar-refractivity contribution in [2.45, 2.75) is 38.5 Å². The Bertz CT molecular complexity index is 1300. The minimum absolute atomic E-state index is 0.0448. The molecule has 1 aliphatic carbocycles. The molecule has 1 fully saturated rings. The van der Waals surface area contributed by atoms with Gasteiger partial charge < -0.3 is 10.5 Å². The van der Waals surface area contributed by atoms with Gasteiger partial charge in [0, 0.05) is 5.02 Å². The Morgan fingerprint density at radius 1 is 1.09 bits per heavy atom. The van der Waals surface area contributed by atoms with Gasteiger partial charge in [0.2, 0.25) is 11.5 Å². The lowest BCUT2D eigenvalue weighted by atomic mass is 9.96. The number of nitrogens with two attached hydrogens (primary N) is 1. The minimum atomic E-state index is -0.803. The van der Waals surface area contributed by atoms with Gasteiger partial charge in [0.15, 0.2) is 0 Å². The Kier molecular flexibility index (Phi) is 6.27. The summed E-state index contributed by atoms with van der Waals surface area (Å²) in [5, 5.41) is 0.556. The van der Waals surface area contributed by atoms with Crippen molar-refractivity contribution in [2.24, 2.45) is 10.7 Å². The fourth-order valence-corrected chi connectivity index (χ4v) is 3.38. The van der Waals surface area contributed by atoms with Crippen LogP contribution in [0, 0.1) is 0 Å². The number of benzene rings is 2. The predicted molar refractivity (Wildman–Crippen MR) is 119 cm³/mol. The molecule has 1 saturated carbocycles. The number of nitrogens with one attached hydrogen (secondary N) is 1. The van der Waals surface area contributed by atoms with Crippen molar-refractivity contribution in [3.05, 3.63) is 85.7 Å². The van der Waals surface area contributed by atoms with Gasteiger partial charge in [-0.25, -0.2) is 19.1 Å². The number of aromatic nitrogens is 3. The number of hydrogen-bond acceptors (Lipinski definition) is 5. The third kappa shape index (κ3) is 5.00. The van der Waals surface area contributed by atoms with Crippen molar-refractivity contribution in [3.63, 3.8) is 0 Å². The lowest BCUT2D eigenvalue weighted by Crippen LogP contribution is -2.51. The molecule has 2 aromatic carbocycles. The van der Waals surface area contributed by atoms with Crippen LogP contribution in [-0.2, 0) is 17.9 Å². The molecule has 0 atom stereocenters. The van der Waals surface area contributed by atoms with Crippen LogP contribution in [0.15, 0.2) is 63.1 Å². The molecule has 0 bridgehead atoms. The van der Waals surface area contributed by atoms with Crippen molar-refractivity contribution < 1.29 is 9.53 Å². The number of nitrogens with zero attached hydrogens (tertiary/aromatic N) is 3. The third-order valence-electron chi connectivity index (χ3n) is 5.18. The molecule has 0 radical (unpaired) electrons. The van der Waals surface area contributed by atoms with Crippen LogP contribution >= 0.6 is 11.6 Å². The van der Waals surface area contributed by atoms with Gasteiger partial charge in [-0.2, -0.15) is 0 Å². The Morgan fingerprint density at radius 2 is 1.78 bits per heavy atom. The molecule has 32 heavy (non-hydrogen) atoms. The summed E-state index contributed by atoms with van der Waals surface area (Å²) >= 11 is 5.94. The molecule has 0 aliphatic heterocycles. The maximum absolute atomic E-state index is 13.0. The number of rotatable bonds is 7. The Morgan fingerprint density at radius 3 is 2.38 bits per heavy atom. The fourth-order valence-electron chi connectivity index (χ4n) is 3.25. The van der Waals surface area contributed by atoms with Gasteiger partial charge >= 0.3 is 11.4 Å². The van der Waals surface area contributed by atoms with E-state index in [0.29, 0.717) is 10.7 Å².